The Morgan fingerprint density at radius 2 is 1.71 bits per heavy atom. The molecule has 0 heterocycles. The number of ether oxygens (including phenoxy) is 1. The van der Waals surface area contributed by atoms with Crippen LogP contribution in [0.2, 0.25) is 0 Å². The van der Waals surface area contributed by atoms with Crippen molar-refractivity contribution in [2.75, 3.05) is 13.2 Å². The number of nitrogens with one attached hydrogen (secondary N) is 1. The first-order chi connectivity index (χ1) is 15.0. The first kappa shape index (κ1) is 20.2. The molecule has 0 saturated heterocycles. The van der Waals surface area contributed by atoms with Gasteiger partial charge in [-0.25, -0.2) is 4.79 Å². The molecule has 3 aromatic carbocycles. The van der Waals surface area contributed by atoms with Crippen LogP contribution in [0.15, 0.2) is 72.8 Å². The fourth-order valence-electron chi connectivity index (χ4n) is 3.79. The third-order valence-electron chi connectivity index (χ3n) is 5.21. The summed E-state index contributed by atoms with van der Waals surface area (Å²) >= 11 is 0. The Labute approximate surface area is 178 Å². The number of phenolic OH excluding ortho intramolecular Hbond substituents is 1. The van der Waals surface area contributed by atoms with E-state index in [0.29, 0.717) is 5.56 Å². The van der Waals surface area contributed by atoms with Crippen LogP contribution in [0.1, 0.15) is 22.6 Å². The number of benzene rings is 3. The van der Waals surface area contributed by atoms with Gasteiger partial charge in [0.2, 0.25) is 0 Å². The zero-order chi connectivity index (χ0) is 21.8. The largest absolute Gasteiger partial charge is 0.502 e. The van der Waals surface area contributed by atoms with Crippen molar-refractivity contribution in [3.05, 3.63) is 99.6 Å². The molecule has 2 N–H and O–H groups in total. The van der Waals surface area contributed by atoms with E-state index in [1.54, 1.807) is 12.2 Å². The molecule has 1 aliphatic carbocycles. The molecule has 3 aromatic rings. The summed E-state index contributed by atoms with van der Waals surface area (Å²) in [5.41, 5.74) is 4.86. The number of rotatable bonds is 6. The third-order valence-corrected chi connectivity index (χ3v) is 5.21. The maximum atomic E-state index is 12.1. The molecule has 0 radical (unpaired) electrons. The van der Waals surface area contributed by atoms with Gasteiger partial charge in [-0.3, -0.25) is 10.1 Å². The Hall–Kier alpha value is -4.13. The van der Waals surface area contributed by atoms with E-state index in [-0.39, 0.29) is 24.8 Å². The number of nitro groups is 1. The molecule has 0 unspecified atom stereocenters. The zero-order valence-corrected chi connectivity index (χ0v) is 16.5. The molecule has 1 aliphatic rings. The van der Waals surface area contributed by atoms with Crippen LogP contribution in [0.4, 0.5) is 10.5 Å². The van der Waals surface area contributed by atoms with Crippen molar-refractivity contribution >= 4 is 17.9 Å². The molecule has 0 spiro atoms. The van der Waals surface area contributed by atoms with Crippen LogP contribution in [-0.2, 0) is 4.74 Å². The van der Waals surface area contributed by atoms with Crippen LogP contribution in [0.3, 0.4) is 0 Å². The molecule has 7 nitrogen and oxygen atoms in total. The van der Waals surface area contributed by atoms with E-state index in [0.717, 1.165) is 11.1 Å². The summed E-state index contributed by atoms with van der Waals surface area (Å²) in [7, 11) is 0. The molecule has 0 atom stereocenters. The van der Waals surface area contributed by atoms with Gasteiger partial charge in [0.25, 0.3) is 0 Å². The minimum Gasteiger partial charge on any atom is -0.502 e. The summed E-state index contributed by atoms with van der Waals surface area (Å²) in [4.78, 5) is 22.2. The molecule has 31 heavy (non-hydrogen) atoms. The Morgan fingerprint density at radius 1 is 1.06 bits per heavy atom. The van der Waals surface area contributed by atoms with E-state index in [2.05, 4.69) is 29.6 Å². The van der Waals surface area contributed by atoms with Crippen molar-refractivity contribution in [2.45, 2.75) is 5.92 Å². The quantitative estimate of drug-likeness (QED) is 0.442. The van der Waals surface area contributed by atoms with E-state index in [9.17, 15) is 20.0 Å². The van der Waals surface area contributed by atoms with E-state index >= 15 is 0 Å². The number of nitrogens with zero attached hydrogens (tertiary/aromatic N) is 1. The average Bonchev–Trinajstić information content (AvgIpc) is 3.09. The number of fused-ring (bicyclic) bond motifs is 3. The number of carbonyl (C=O) groups is 1. The summed E-state index contributed by atoms with van der Waals surface area (Å²) in [5.74, 6) is -0.409. The second-order valence-electron chi connectivity index (χ2n) is 7.11. The number of hydrogen-bond donors (Lipinski definition) is 2. The van der Waals surface area contributed by atoms with Crippen LogP contribution in [0.5, 0.6) is 5.75 Å². The highest BCUT2D eigenvalue weighted by molar-refractivity contribution is 5.79. The van der Waals surface area contributed by atoms with Gasteiger partial charge in [0.15, 0.2) is 5.75 Å². The van der Waals surface area contributed by atoms with Crippen LogP contribution < -0.4 is 5.32 Å². The number of aromatic hydroxyl groups is 1. The summed E-state index contributed by atoms with van der Waals surface area (Å²) in [6.45, 7) is 0.453. The molecule has 0 aromatic heterocycles. The number of phenols is 1. The molecule has 0 fully saturated rings. The van der Waals surface area contributed by atoms with E-state index in [4.69, 9.17) is 4.74 Å². The molecule has 0 aliphatic heterocycles. The van der Waals surface area contributed by atoms with Crippen molar-refractivity contribution in [3.8, 4) is 16.9 Å². The number of hydrogen-bond acceptors (Lipinski definition) is 5. The van der Waals surface area contributed by atoms with Crippen LogP contribution >= 0.6 is 0 Å². The lowest BCUT2D eigenvalue weighted by Crippen LogP contribution is -2.26. The first-order valence-corrected chi connectivity index (χ1v) is 9.77. The van der Waals surface area contributed by atoms with Gasteiger partial charge in [-0.15, -0.1) is 0 Å². The first-order valence-electron chi connectivity index (χ1n) is 9.77. The molecule has 0 saturated carbocycles. The standard InChI is InChI=1S/C24H20N2O5/c27-23-14-16(11-12-22(23)26(29)30)6-5-13-25-24(28)31-15-21-19-9-3-1-7-17(19)18-8-2-4-10-20(18)21/h1-12,14,21,27H,13,15H2,(H,25,28). The molecule has 4 rings (SSSR count). The maximum absolute atomic E-state index is 12.1. The predicted molar refractivity (Wildman–Crippen MR) is 117 cm³/mol. The normalized spacial score (nSPS) is 12.4. The highest BCUT2D eigenvalue weighted by Crippen LogP contribution is 2.44. The van der Waals surface area contributed by atoms with Crippen molar-refractivity contribution in [2.24, 2.45) is 0 Å². The smallest absolute Gasteiger partial charge is 0.407 e. The minimum absolute atomic E-state index is 0.00298. The van der Waals surface area contributed by atoms with Crippen LogP contribution in [-0.4, -0.2) is 29.3 Å². The number of nitro benzene ring substituents is 1. The van der Waals surface area contributed by atoms with Gasteiger partial charge < -0.3 is 15.2 Å². The summed E-state index contributed by atoms with van der Waals surface area (Å²) in [6, 6.07) is 20.3. The van der Waals surface area contributed by atoms with Crippen molar-refractivity contribution in [3.63, 3.8) is 0 Å². The Bertz CT molecular complexity index is 1130. The monoisotopic (exact) mass is 416 g/mol. The lowest BCUT2D eigenvalue weighted by atomic mass is 9.98. The van der Waals surface area contributed by atoms with Crippen LogP contribution in [0, 0.1) is 10.1 Å². The van der Waals surface area contributed by atoms with Crippen molar-refractivity contribution in [1.29, 1.82) is 0 Å². The van der Waals surface area contributed by atoms with E-state index < -0.39 is 16.8 Å². The highest BCUT2D eigenvalue weighted by atomic mass is 16.6. The Balaban J connectivity index is 1.32. The fourth-order valence-corrected chi connectivity index (χ4v) is 3.79. The maximum Gasteiger partial charge on any atom is 0.407 e. The summed E-state index contributed by atoms with van der Waals surface area (Å²) < 4.78 is 5.45. The van der Waals surface area contributed by atoms with Crippen molar-refractivity contribution < 1.29 is 19.6 Å². The number of carbonyl (C=O) groups excluding carboxylic acids is 1. The third kappa shape index (κ3) is 4.25. The molecule has 0 bridgehead atoms. The SMILES string of the molecule is O=C(NCC=Cc1ccc([N+](=O)[O-])c(O)c1)OCC1c2ccccc2-c2ccccc21. The van der Waals surface area contributed by atoms with Gasteiger partial charge in [0.1, 0.15) is 6.61 Å². The zero-order valence-electron chi connectivity index (χ0n) is 16.5. The molecular formula is C24H20N2O5. The number of alkyl carbamates (subject to hydrolysis) is 1. The Morgan fingerprint density at radius 3 is 2.32 bits per heavy atom. The van der Waals surface area contributed by atoms with Gasteiger partial charge in [-0.2, -0.15) is 0 Å². The van der Waals surface area contributed by atoms with Gasteiger partial charge in [0.05, 0.1) is 4.92 Å². The predicted octanol–water partition coefficient (Wildman–Crippen LogP) is 4.85. The van der Waals surface area contributed by atoms with E-state index in [1.165, 1.54) is 29.3 Å². The highest BCUT2D eigenvalue weighted by Gasteiger charge is 2.28. The average molecular weight is 416 g/mol. The summed E-state index contributed by atoms with van der Waals surface area (Å²) in [6.07, 6.45) is 2.79. The molecule has 7 heteroatoms. The molecule has 156 valence electrons. The van der Waals surface area contributed by atoms with Gasteiger partial charge in [-0.05, 0) is 39.9 Å². The topological polar surface area (TPSA) is 102 Å². The molecule has 1 amide bonds. The summed E-state index contributed by atoms with van der Waals surface area (Å²) in [5, 5.41) is 23.0. The Kier molecular flexibility index (Phi) is 5.66. The van der Waals surface area contributed by atoms with Crippen LogP contribution in [0.25, 0.3) is 17.2 Å². The second kappa shape index (κ2) is 8.71. The van der Waals surface area contributed by atoms with E-state index in [1.807, 2.05) is 24.3 Å². The van der Waals surface area contributed by atoms with Crippen molar-refractivity contribution in [1.82, 2.24) is 5.32 Å². The lowest BCUT2D eigenvalue weighted by Gasteiger charge is -2.14. The lowest BCUT2D eigenvalue weighted by molar-refractivity contribution is -0.385. The molecular weight excluding hydrogens is 396 g/mol. The van der Waals surface area contributed by atoms with Gasteiger partial charge in [0, 0.05) is 18.5 Å². The van der Waals surface area contributed by atoms with Gasteiger partial charge in [-0.1, -0.05) is 60.7 Å². The fraction of sp³-hybridized carbons (Fsp3) is 0.125. The van der Waals surface area contributed by atoms with Gasteiger partial charge >= 0.3 is 11.8 Å². The number of amides is 1. The second-order valence-corrected chi connectivity index (χ2v) is 7.11. The minimum atomic E-state index is -0.651.